The van der Waals surface area contributed by atoms with Gasteiger partial charge < -0.3 is 10.3 Å². The van der Waals surface area contributed by atoms with Gasteiger partial charge in [0.2, 0.25) is 0 Å². The molecule has 0 fully saturated rings. The molecule has 74 valence electrons. The van der Waals surface area contributed by atoms with Crippen LogP contribution in [0.25, 0.3) is 10.6 Å². The third-order valence-electron chi connectivity index (χ3n) is 2.01. The Bertz CT molecular complexity index is 403. The minimum Gasteiger partial charge on any atom is -0.344 e. The van der Waals surface area contributed by atoms with Crippen LogP contribution in [0.1, 0.15) is 11.5 Å². The molecule has 0 aliphatic heterocycles. The van der Waals surface area contributed by atoms with E-state index in [1.165, 1.54) is 4.88 Å². The number of hydrogen-bond donors (Lipinski definition) is 2. The van der Waals surface area contributed by atoms with Gasteiger partial charge in [-0.3, -0.25) is 0 Å². The maximum Gasteiger partial charge on any atom is 0.103 e. The number of rotatable bonds is 3. The van der Waals surface area contributed by atoms with Gasteiger partial charge in [0.05, 0.1) is 10.6 Å². The summed E-state index contributed by atoms with van der Waals surface area (Å²) < 4.78 is 0. The highest BCUT2D eigenvalue weighted by Crippen LogP contribution is 2.25. The first kappa shape index (κ1) is 9.43. The summed E-state index contributed by atoms with van der Waals surface area (Å²) in [5.41, 5.74) is 2.24. The van der Waals surface area contributed by atoms with Gasteiger partial charge in [-0.05, 0) is 25.4 Å². The average Bonchev–Trinajstić information content (AvgIpc) is 2.74. The van der Waals surface area contributed by atoms with Gasteiger partial charge in [0.1, 0.15) is 11.5 Å². The number of thiophene rings is 1. The van der Waals surface area contributed by atoms with Crippen molar-refractivity contribution in [3.05, 3.63) is 29.0 Å². The molecule has 0 saturated heterocycles. The Morgan fingerprint density at radius 3 is 3.07 bits per heavy atom. The minimum absolute atomic E-state index is 0.827. The lowest BCUT2D eigenvalue weighted by Crippen LogP contribution is -2.06. The summed E-state index contributed by atoms with van der Waals surface area (Å²) in [6, 6.07) is 4.15. The minimum atomic E-state index is 0.827. The molecule has 2 heterocycles. The first-order chi connectivity index (χ1) is 6.81. The van der Waals surface area contributed by atoms with Crippen LogP contribution in [0.4, 0.5) is 0 Å². The molecule has 0 radical (unpaired) electrons. The smallest absolute Gasteiger partial charge is 0.103 e. The molecule has 0 aliphatic rings. The van der Waals surface area contributed by atoms with Crippen molar-refractivity contribution in [1.29, 1.82) is 0 Å². The predicted octanol–water partition coefficient (Wildman–Crippen LogP) is 2.17. The molecule has 4 heteroatoms. The molecule has 0 aliphatic carbocycles. The summed E-state index contributed by atoms with van der Waals surface area (Å²) >= 11 is 1.72. The number of aromatic amines is 1. The SMILES string of the molecule is CNCc1[nH]c(C)nc1-c1cccs1. The van der Waals surface area contributed by atoms with Crippen LogP contribution in [0.5, 0.6) is 0 Å². The summed E-state index contributed by atoms with van der Waals surface area (Å²) in [7, 11) is 1.94. The number of nitrogens with zero attached hydrogens (tertiary/aromatic N) is 1. The molecular weight excluding hydrogens is 194 g/mol. The standard InChI is InChI=1S/C10H13N3S/c1-7-12-8(6-11-2)10(13-7)9-4-3-5-14-9/h3-5,11H,6H2,1-2H3,(H,12,13). The average molecular weight is 207 g/mol. The van der Waals surface area contributed by atoms with E-state index >= 15 is 0 Å². The van der Waals surface area contributed by atoms with Crippen molar-refractivity contribution in [2.24, 2.45) is 0 Å². The molecule has 0 amide bonds. The quantitative estimate of drug-likeness (QED) is 0.809. The second kappa shape index (κ2) is 3.94. The molecule has 0 aromatic carbocycles. The summed E-state index contributed by atoms with van der Waals surface area (Å²) in [5, 5.41) is 5.20. The van der Waals surface area contributed by atoms with E-state index in [0.29, 0.717) is 0 Å². The topological polar surface area (TPSA) is 40.7 Å². The van der Waals surface area contributed by atoms with Gasteiger partial charge >= 0.3 is 0 Å². The number of nitrogens with one attached hydrogen (secondary N) is 2. The second-order valence-corrected chi connectivity index (χ2v) is 4.10. The van der Waals surface area contributed by atoms with E-state index in [0.717, 1.165) is 23.8 Å². The van der Waals surface area contributed by atoms with E-state index in [4.69, 9.17) is 0 Å². The molecule has 2 aromatic rings. The van der Waals surface area contributed by atoms with Crippen LogP contribution in [0, 0.1) is 6.92 Å². The van der Waals surface area contributed by atoms with E-state index in [1.807, 2.05) is 20.0 Å². The van der Waals surface area contributed by atoms with E-state index in [9.17, 15) is 0 Å². The first-order valence-electron chi connectivity index (χ1n) is 4.55. The van der Waals surface area contributed by atoms with Crippen LogP contribution < -0.4 is 5.32 Å². The fourth-order valence-electron chi connectivity index (χ4n) is 1.46. The van der Waals surface area contributed by atoms with E-state index < -0.39 is 0 Å². The fourth-order valence-corrected chi connectivity index (χ4v) is 2.20. The zero-order valence-electron chi connectivity index (χ0n) is 8.29. The molecule has 0 bridgehead atoms. The molecule has 0 spiro atoms. The van der Waals surface area contributed by atoms with Gasteiger partial charge in [-0.25, -0.2) is 4.98 Å². The van der Waals surface area contributed by atoms with Crippen molar-refractivity contribution in [2.45, 2.75) is 13.5 Å². The Labute approximate surface area is 87.2 Å². The van der Waals surface area contributed by atoms with Gasteiger partial charge in [-0.15, -0.1) is 11.3 Å². The lowest BCUT2D eigenvalue weighted by molar-refractivity contribution is 0.796. The predicted molar refractivity (Wildman–Crippen MR) is 59.4 cm³/mol. The van der Waals surface area contributed by atoms with Crippen LogP contribution in [-0.2, 0) is 6.54 Å². The Kier molecular flexibility index (Phi) is 2.65. The van der Waals surface area contributed by atoms with E-state index in [-0.39, 0.29) is 0 Å². The van der Waals surface area contributed by atoms with Crippen molar-refractivity contribution in [3.63, 3.8) is 0 Å². The van der Waals surface area contributed by atoms with Gasteiger partial charge in [0.15, 0.2) is 0 Å². The van der Waals surface area contributed by atoms with Crippen molar-refractivity contribution in [2.75, 3.05) is 7.05 Å². The molecule has 2 N–H and O–H groups in total. The summed E-state index contributed by atoms with van der Waals surface area (Å²) in [6.45, 7) is 2.81. The lowest BCUT2D eigenvalue weighted by atomic mass is 10.3. The van der Waals surface area contributed by atoms with Crippen LogP contribution in [-0.4, -0.2) is 17.0 Å². The normalized spacial score (nSPS) is 10.7. The Morgan fingerprint density at radius 1 is 1.57 bits per heavy atom. The summed E-state index contributed by atoms with van der Waals surface area (Å²) in [6.07, 6.45) is 0. The molecule has 2 rings (SSSR count). The molecule has 0 saturated carbocycles. The van der Waals surface area contributed by atoms with Crippen LogP contribution in [0.15, 0.2) is 17.5 Å². The molecular formula is C10H13N3S. The molecule has 0 unspecified atom stereocenters. The van der Waals surface area contributed by atoms with Crippen molar-refractivity contribution < 1.29 is 0 Å². The number of hydrogen-bond acceptors (Lipinski definition) is 3. The molecule has 2 aromatic heterocycles. The van der Waals surface area contributed by atoms with Crippen molar-refractivity contribution in [3.8, 4) is 10.6 Å². The van der Waals surface area contributed by atoms with Crippen molar-refractivity contribution >= 4 is 11.3 Å². The monoisotopic (exact) mass is 207 g/mol. The molecule has 3 nitrogen and oxygen atoms in total. The van der Waals surface area contributed by atoms with Gasteiger partial charge in [-0.1, -0.05) is 6.07 Å². The van der Waals surface area contributed by atoms with Crippen LogP contribution >= 0.6 is 11.3 Å². The van der Waals surface area contributed by atoms with Crippen LogP contribution in [0.2, 0.25) is 0 Å². The highest BCUT2D eigenvalue weighted by Gasteiger charge is 2.09. The van der Waals surface area contributed by atoms with Gasteiger partial charge in [0.25, 0.3) is 0 Å². The highest BCUT2D eigenvalue weighted by atomic mass is 32.1. The number of aryl methyl sites for hydroxylation is 1. The van der Waals surface area contributed by atoms with E-state index in [2.05, 4.69) is 26.7 Å². The van der Waals surface area contributed by atoms with Crippen LogP contribution in [0.3, 0.4) is 0 Å². The maximum atomic E-state index is 4.49. The first-order valence-corrected chi connectivity index (χ1v) is 5.43. The summed E-state index contributed by atoms with van der Waals surface area (Å²) in [5.74, 6) is 0.971. The zero-order chi connectivity index (χ0) is 9.97. The summed E-state index contributed by atoms with van der Waals surface area (Å²) in [4.78, 5) is 8.98. The highest BCUT2D eigenvalue weighted by molar-refractivity contribution is 7.13. The zero-order valence-corrected chi connectivity index (χ0v) is 9.11. The van der Waals surface area contributed by atoms with Crippen molar-refractivity contribution in [1.82, 2.24) is 15.3 Å². The number of imidazole rings is 1. The third-order valence-corrected chi connectivity index (χ3v) is 2.88. The Morgan fingerprint density at radius 2 is 2.43 bits per heavy atom. The largest absolute Gasteiger partial charge is 0.344 e. The fraction of sp³-hybridized carbons (Fsp3) is 0.300. The van der Waals surface area contributed by atoms with Gasteiger partial charge in [0, 0.05) is 6.54 Å². The third kappa shape index (κ3) is 1.71. The second-order valence-electron chi connectivity index (χ2n) is 3.16. The number of H-pyrrole nitrogens is 1. The number of aromatic nitrogens is 2. The molecule has 14 heavy (non-hydrogen) atoms. The van der Waals surface area contributed by atoms with Gasteiger partial charge in [-0.2, -0.15) is 0 Å². The lowest BCUT2D eigenvalue weighted by Gasteiger charge is -1.98. The molecule has 0 atom stereocenters. The maximum absolute atomic E-state index is 4.49. The Balaban J connectivity index is 2.41. The Hall–Kier alpha value is -1.13. The van der Waals surface area contributed by atoms with E-state index in [1.54, 1.807) is 11.3 Å².